The van der Waals surface area contributed by atoms with E-state index in [2.05, 4.69) is 19.7 Å². The van der Waals surface area contributed by atoms with Crippen LogP contribution >= 0.6 is 0 Å². The molecule has 3 rings (SSSR count). The molecular weight excluding hydrogens is 352 g/mol. The Hall–Kier alpha value is -3.20. The molecule has 0 aliphatic heterocycles. The van der Waals surface area contributed by atoms with Gasteiger partial charge in [0.25, 0.3) is 10.0 Å². The molecule has 3 aromatic rings. The Balaban J connectivity index is 2.05. The van der Waals surface area contributed by atoms with Crippen molar-refractivity contribution in [1.82, 2.24) is 15.0 Å². The van der Waals surface area contributed by atoms with Crippen molar-refractivity contribution in [1.29, 1.82) is 0 Å². The Morgan fingerprint density at radius 3 is 2.27 bits per heavy atom. The van der Waals surface area contributed by atoms with E-state index in [1.165, 1.54) is 12.1 Å². The maximum absolute atomic E-state index is 12.6. The maximum atomic E-state index is 12.6. The first-order valence-corrected chi connectivity index (χ1v) is 9.21. The number of nitrogens with zero attached hydrogens (tertiary/aromatic N) is 4. The zero-order valence-corrected chi connectivity index (χ0v) is 15.1. The number of nitrogen functional groups attached to an aromatic ring is 1. The topological polar surface area (TPSA) is 114 Å². The van der Waals surface area contributed by atoms with Gasteiger partial charge in [0.15, 0.2) is 5.82 Å². The summed E-state index contributed by atoms with van der Waals surface area (Å²) in [5.74, 6) is 0.722. The van der Waals surface area contributed by atoms with Gasteiger partial charge in [-0.25, -0.2) is 8.42 Å². The number of anilines is 3. The highest BCUT2D eigenvalue weighted by Crippen LogP contribution is 2.28. The lowest BCUT2D eigenvalue weighted by molar-refractivity contribution is 0.601. The third-order valence-corrected chi connectivity index (χ3v) is 4.89. The molecule has 0 fully saturated rings. The highest BCUT2D eigenvalue weighted by molar-refractivity contribution is 7.92. The summed E-state index contributed by atoms with van der Waals surface area (Å²) in [6, 6.07) is 15.0. The molecule has 0 unspecified atom stereocenters. The van der Waals surface area contributed by atoms with Gasteiger partial charge in [0.2, 0.25) is 11.9 Å². The monoisotopic (exact) mass is 370 g/mol. The largest absolute Gasteiger partial charge is 0.368 e. The second-order valence-electron chi connectivity index (χ2n) is 5.68. The molecule has 8 nitrogen and oxygen atoms in total. The molecule has 2 aromatic carbocycles. The van der Waals surface area contributed by atoms with Crippen molar-refractivity contribution in [3.05, 3.63) is 54.6 Å². The number of hydrogen-bond acceptors (Lipinski definition) is 7. The molecule has 0 saturated heterocycles. The number of aromatic nitrogens is 3. The second-order valence-corrected chi connectivity index (χ2v) is 7.36. The first kappa shape index (κ1) is 17.6. The van der Waals surface area contributed by atoms with Crippen molar-refractivity contribution < 1.29 is 8.42 Å². The molecule has 0 amide bonds. The summed E-state index contributed by atoms with van der Waals surface area (Å²) >= 11 is 0. The third kappa shape index (κ3) is 3.72. The lowest BCUT2D eigenvalue weighted by Gasteiger charge is -2.14. The van der Waals surface area contributed by atoms with Crippen molar-refractivity contribution in [2.24, 2.45) is 0 Å². The van der Waals surface area contributed by atoms with Gasteiger partial charge in [-0.1, -0.05) is 30.3 Å². The van der Waals surface area contributed by atoms with Gasteiger partial charge in [-0.3, -0.25) is 4.72 Å². The smallest absolute Gasteiger partial charge is 0.261 e. The summed E-state index contributed by atoms with van der Waals surface area (Å²) in [7, 11) is -0.183. The molecule has 26 heavy (non-hydrogen) atoms. The van der Waals surface area contributed by atoms with Crippen LogP contribution in [0.4, 0.5) is 17.6 Å². The van der Waals surface area contributed by atoms with Crippen LogP contribution in [-0.4, -0.2) is 37.5 Å². The molecule has 9 heteroatoms. The fraction of sp³-hybridized carbons (Fsp3) is 0.118. The zero-order valence-electron chi connectivity index (χ0n) is 14.3. The summed E-state index contributed by atoms with van der Waals surface area (Å²) in [6.45, 7) is 0. The normalized spacial score (nSPS) is 11.2. The van der Waals surface area contributed by atoms with Crippen LogP contribution in [-0.2, 0) is 10.0 Å². The molecule has 0 aliphatic carbocycles. The van der Waals surface area contributed by atoms with Gasteiger partial charge in [-0.05, 0) is 24.3 Å². The average molecular weight is 370 g/mol. The van der Waals surface area contributed by atoms with E-state index in [1.54, 1.807) is 61.5 Å². The van der Waals surface area contributed by atoms with E-state index in [1.807, 2.05) is 0 Å². The Bertz CT molecular complexity index is 1020. The lowest BCUT2D eigenvalue weighted by Crippen LogP contribution is -2.16. The summed E-state index contributed by atoms with van der Waals surface area (Å²) in [4.78, 5) is 14.4. The zero-order chi connectivity index (χ0) is 18.7. The van der Waals surface area contributed by atoms with Gasteiger partial charge >= 0.3 is 0 Å². The molecule has 1 aromatic heterocycles. The van der Waals surface area contributed by atoms with E-state index in [0.29, 0.717) is 17.2 Å². The van der Waals surface area contributed by atoms with Crippen LogP contribution in [0.25, 0.3) is 11.4 Å². The van der Waals surface area contributed by atoms with E-state index < -0.39 is 10.0 Å². The molecule has 0 saturated carbocycles. The summed E-state index contributed by atoms with van der Waals surface area (Å²) in [6.07, 6.45) is 0. The Morgan fingerprint density at radius 1 is 0.923 bits per heavy atom. The van der Waals surface area contributed by atoms with Gasteiger partial charge in [-0.2, -0.15) is 15.0 Å². The standard InChI is InChI=1S/C17H18N6O2S/c1-23(2)17-20-15(19-16(18)21-17)13-10-6-7-11-14(13)22-26(24,25)12-8-4-3-5-9-12/h3-11,22H,1-2H3,(H2,18,19,20,21). The van der Waals surface area contributed by atoms with Crippen LogP contribution in [0.1, 0.15) is 0 Å². The summed E-state index contributed by atoms with van der Waals surface area (Å²) < 4.78 is 27.8. The van der Waals surface area contributed by atoms with Gasteiger partial charge < -0.3 is 10.6 Å². The molecule has 0 aliphatic rings. The van der Waals surface area contributed by atoms with E-state index in [-0.39, 0.29) is 16.7 Å². The fourth-order valence-electron chi connectivity index (χ4n) is 2.27. The lowest BCUT2D eigenvalue weighted by atomic mass is 10.2. The van der Waals surface area contributed by atoms with Crippen LogP contribution < -0.4 is 15.4 Å². The predicted octanol–water partition coefficient (Wildman–Crippen LogP) is 1.99. The minimum atomic E-state index is -3.74. The summed E-state index contributed by atoms with van der Waals surface area (Å²) in [5.41, 5.74) is 6.63. The molecule has 3 N–H and O–H groups in total. The number of rotatable bonds is 5. The minimum Gasteiger partial charge on any atom is -0.368 e. The Morgan fingerprint density at radius 2 is 1.58 bits per heavy atom. The molecule has 0 bridgehead atoms. The first-order valence-electron chi connectivity index (χ1n) is 7.73. The van der Waals surface area contributed by atoms with E-state index in [0.717, 1.165) is 0 Å². The van der Waals surface area contributed by atoms with Crippen LogP contribution in [0, 0.1) is 0 Å². The number of hydrogen-bond donors (Lipinski definition) is 2. The summed E-state index contributed by atoms with van der Waals surface area (Å²) in [5, 5.41) is 0. The van der Waals surface area contributed by atoms with Crippen LogP contribution in [0.5, 0.6) is 0 Å². The number of nitrogens with two attached hydrogens (primary N) is 1. The van der Waals surface area contributed by atoms with Gasteiger partial charge in [0.1, 0.15) is 0 Å². The van der Waals surface area contributed by atoms with Crippen LogP contribution in [0.3, 0.4) is 0 Å². The molecule has 0 radical (unpaired) electrons. The van der Waals surface area contributed by atoms with Gasteiger partial charge in [-0.15, -0.1) is 0 Å². The van der Waals surface area contributed by atoms with E-state index in [9.17, 15) is 8.42 Å². The van der Waals surface area contributed by atoms with Gasteiger partial charge in [0.05, 0.1) is 10.6 Å². The third-order valence-electron chi connectivity index (χ3n) is 3.51. The van der Waals surface area contributed by atoms with Crippen molar-refractivity contribution in [3.63, 3.8) is 0 Å². The molecule has 0 spiro atoms. The Labute approximate surface area is 151 Å². The van der Waals surface area contributed by atoms with Crippen LogP contribution in [0.15, 0.2) is 59.5 Å². The highest BCUT2D eigenvalue weighted by Gasteiger charge is 2.18. The molecule has 0 atom stereocenters. The van der Waals surface area contributed by atoms with Crippen molar-refractivity contribution >= 4 is 27.6 Å². The fourth-order valence-corrected chi connectivity index (χ4v) is 3.37. The minimum absolute atomic E-state index is 0.0550. The second kappa shape index (κ2) is 6.96. The van der Waals surface area contributed by atoms with E-state index in [4.69, 9.17) is 5.73 Å². The van der Waals surface area contributed by atoms with Crippen molar-refractivity contribution in [2.45, 2.75) is 4.90 Å². The Kier molecular flexibility index (Phi) is 4.72. The van der Waals surface area contributed by atoms with E-state index >= 15 is 0 Å². The number of benzene rings is 2. The number of sulfonamides is 1. The maximum Gasteiger partial charge on any atom is 0.261 e. The van der Waals surface area contributed by atoms with Gasteiger partial charge in [0, 0.05) is 19.7 Å². The number of nitrogens with one attached hydrogen (secondary N) is 1. The molecular formula is C17H18N6O2S. The molecule has 134 valence electrons. The quantitative estimate of drug-likeness (QED) is 0.706. The van der Waals surface area contributed by atoms with Crippen molar-refractivity contribution in [2.75, 3.05) is 29.5 Å². The average Bonchev–Trinajstić information content (AvgIpc) is 2.62. The SMILES string of the molecule is CN(C)c1nc(N)nc(-c2ccccc2NS(=O)(=O)c2ccccc2)n1. The first-order chi connectivity index (χ1) is 12.4. The predicted molar refractivity (Wildman–Crippen MR) is 101 cm³/mol. The van der Waals surface area contributed by atoms with Crippen molar-refractivity contribution in [3.8, 4) is 11.4 Å². The highest BCUT2D eigenvalue weighted by atomic mass is 32.2. The number of para-hydroxylation sites is 1. The van der Waals surface area contributed by atoms with Crippen LogP contribution in [0.2, 0.25) is 0 Å². The molecule has 1 heterocycles.